The number of hydrogen-bond acceptors (Lipinski definition) is 5. The van der Waals surface area contributed by atoms with Crippen molar-refractivity contribution in [3.8, 4) is 17.4 Å². The van der Waals surface area contributed by atoms with Crippen molar-refractivity contribution < 1.29 is 14.2 Å². The largest absolute Gasteiger partial charge is 0.493 e. The Morgan fingerprint density at radius 1 is 1.21 bits per heavy atom. The van der Waals surface area contributed by atoms with Gasteiger partial charge in [-0.1, -0.05) is 6.07 Å². The van der Waals surface area contributed by atoms with Gasteiger partial charge >= 0.3 is 0 Å². The third kappa shape index (κ3) is 5.43. The van der Waals surface area contributed by atoms with E-state index in [1.807, 2.05) is 19.1 Å². The maximum atomic E-state index is 5.61. The molecule has 8 heteroatoms. The molecule has 1 aliphatic rings. The summed E-state index contributed by atoms with van der Waals surface area (Å²) in [5.74, 6) is 3.04. The average molecular weight is 512 g/mol. The Labute approximate surface area is 189 Å². The summed E-state index contributed by atoms with van der Waals surface area (Å²) < 4.78 is 16.5. The molecule has 0 aliphatic carbocycles. The number of ether oxygens (including phenoxy) is 3. The highest BCUT2D eigenvalue weighted by atomic mass is 127. The van der Waals surface area contributed by atoms with E-state index in [1.54, 1.807) is 27.5 Å². The molecule has 1 aromatic heterocycles. The van der Waals surface area contributed by atoms with Gasteiger partial charge in [0.05, 0.1) is 20.8 Å². The van der Waals surface area contributed by atoms with Crippen molar-refractivity contribution in [2.45, 2.75) is 26.4 Å². The number of pyridine rings is 1. The number of halogens is 1. The molecule has 1 aliphatic heterocycles. The van der Waals surface area contributed by atoms with Crippen LogP contribution in [0.1, 0.15) is 23.6 Å². The summed E-state index contributed by atoms with van der Waals surface area (Å²) in [7, 11) is 5.13. The zero-order valence-corrected chi connectivity index (χ0v) is 19.7. The molecule has 7 nitrogen and oxygen atoms in total. The van der Waals surface area contributed by atoms with Crippen molar-refractivity contribution >= 4 is 29.9 Å². The second-order valence-electron chi connectivity index (χ2n) is 6.45. The summed E-state index contributed by atoms with van der Waals surface area (Å²) in [6.07, 6.45) is 2.67. The van der Waals surface area contributed by atoms with Crippen LogP contribution in [0.4, 0.5) is 0 Å². The summed E-state index contributed by atoms with van der Waals surface area (Å²) in [6, 6.07) is 8.06. The van der Waals surface area contributed by atoms with Crippen LogP contribution in [-0.4, -0.2) is 50.3 Å². The van der Waals surface area contributed by atoms with E-state index < -0.39 is 0 Å². The zero-order valence-electron chi connectivity index (χ0n) is 17.4. The fraction of sp³-hybridized carbons (Fsp3) is 0.429. The molecule has 0 unspecified atom stereocenters. The monoisotopic (exact) mass is 512 g/mol. The first-order chi connectivity index (χ1) is 13.7. The molecular weight excluding hydrogens is 483 g/mol. The molecule has 0 saturated heterocycles. The Bertz CT molecular complexity index is 845. The quantitative estimate of drug-likeness (QED) is 0.364. The van der Waals surface area contributed by atoms with Crippen molar-refractivity contribution in [2.24, 2.45) is 4.99 Å². The first kappa shape index (κ1) is 23.1. The summed E-state index contributed by atoms with van der Waals surface area (Å²) in [4.78, 5) is 11.0. The van der Waals surface area contributed by atoms with Crippen LogP contribution in [0.15, 0.2) is 35.5 Å². The topological polar surface area (TPSA) is 68.2 Å². The Morgan fingerprint density at radius 2 is 1.93 bits per heavy atom. The van der Waals surface area contributed by atoms with E-state index in [2.05, 4.69) is 32.3 Å². The number of guanidine groups is 1. The van der Waals surface area contributed by atoms with Crippen molar-refractivity contribution in [2.75, 3.05) is 34.4 Å². The summed E-state index contributed by atoms with van der Waals surface area (Å²) in [6.45, 7) is 4.80. The molecule has 2 heterocycles. The van der Waals surface area contributed by atoms with Gasteiger partial charge in [-0.2, -0.15) is 0 Å². The highest BCUT2D eigenvalue weighted by Gasteiger charge is 2.21. The van der Waals surface area contributed by atoms with Gasteiger partial charge in [-0.15, -0.1) is 24.0 Å². The second-order valence-corrected chi connectivity index (χ2v) is 6.45. The first-order valence-corrected chi connectivity index (χ1v) is 9.46. The zero-order chi connectivity index (χ0) is 19.9. The van der Waals surface area contributed by atoms with Crippen molar-refractivity contribution in [3.05, 3.63) is 47.2 Å². The van der Waals surface area contributed by atoms with E-state index in [0.29, 0.717) is 19.0 Å². The highest BCUT2D eigenvalue weighted by Crippen LogP contribution is 2.33. The number of methoxy groups -OCH3 is 2. The predicted molar refractivity (Wildman–Crippen MR) is 125 cm³/mol. The van der Waals surface area contributed by atoms with Crippen LogP contribution in [0.3, 0.4) is 0 Å². The molecule has 29 heavy (non-hydrogen) atoms. The molecule has 0 atom stereocenters. The van der Waals surface area contributed by atoms with Crippen LogP contribution in [0.2, 0.25) is 0 Å². The number of nitrogens with zero attached hydrogens (tertiary/aromatic N) is 3. The van der Waals surface area contributed by atoms with Gasteiger partial charge in [0.2, 0.25) is 5.88 Å². The molecule has 0 amide bonds. The predicted octanol–water partition coefficient (Wildman–Crippen LogP) is 3.25. The minimum atomic E-state index is 0. The molecule has 1 aromatic carbocycles. The third-order valence-electron chi connectivity index (χ3n) is 4.80. The second kappa shape index (κ2) is 11.1. The SMILES string of the molecule is CCOc1ncccc1CNC(=NC)N1CCc2cc(OC)c(OC)cc2C1.I. The van der Waals surface area contributed by atoms with E-state index in [0.717, 1.165) is 42.5 Å². The molecule has 0 fully saturated rings. The van der Waals surface area contributed by atoms with Crippen molar-refractivity contribution in [3.63, 3.8) is 0 Å². The molecule has 2 aromatic rings. The lowest BCUT2D eigenvalue weighted by Crippen LogP contribution is -2.43. The normalized spacial score (nSPS) is 13.2. The van der Waals surface area contributed by atoms with Crippen LogP contribution in [0, 0.1) is 0 Å². The highest BCUT2D eigenvalue weighted by molar-refractivity contribution is 14.0. The molecule has 158 valence electrons. The van der Waals surface area contributed by atoms with Crippen LogP contribution in [0.25, 0.3) is 0 Å². The first-order valence-electron chi connectivity index (χ1n) is 9.46. The van der Waals surface area contributed by atoms with E-state index in [1.165, 1.54) is 11.1 Å². The summed E-state index contributed by atoms with van der Waals surface area (Å²) in [5, 5.41) is 3.44. The van der Waals surface area contributed by atoms with Crippen LogP contribution in [-0.2, 0) is 19.5 Å². The van der Waals surface area contributed by atoms with Gasteiger partial charge in [0.25, 0.3) is 0 Å². The van der Waals surface area contributed by atoms with Gasteiger partial charge in [-0.3, -0.25) is 4.99 Å². The van der Waals surface area contributed by atoms with Crippen molar-refractivity contribution in [1.29, 1.82) is 0 Å². The molecule has 0 saturated carbocycles. The van der Waals surface area contributed by atoms with Crippen LogP contribution < -0.4 is 19.5 Å². The van der Waals surface area contributed by atoms with E-state index in [4.69, 9.17) is 14.2 Å². The molecule has 0 spiro atoms. The molecule has 3 rings (SSSR count). The lowest BCUT2D eigenvalue weighted by Gasteiger charge is -2.32. The molecule has 0 bridgehead atoms. The lowest BCUT2D eigenvalue weighted by atomic mass is 9.99. The number of aliphatic imine (C=N–C) groups is 1. The Balaban J connectivity index is 0.00000300. The fourth-order valence-electron chi connectivity index (χ4n) is 3.40. The van der Waals surface area contributed by atoms with Gasteiger partial charge in [0.15, 0.2) is 17.5 Å². The number of rotatable bonds is 6. The fourth-order valence-corrected chi connectivity index (χ4v) is 3.40. The van der Waals surface area contributed by atoms with Gasteiger partial charge in [-0.05, 0) is 42.7 Å². The van der Waals surface area contributed by atoms with Crippen molar-refractivity contribution in [1.82, 2.24) is 15.2 Å². The number of nitrogens with one attached hydrogen (secondary N) is 1. The number of fused-ring (bicyclic) bond motifs is 1. The lowest BCUT2D eigenvalue weighted by molar-refractivity contribution is 0.322. The molecule has 1 N–H and O–H groups in total. The Hall–Kier alpha value is -2.23. The minimum absolute atomic E-state index is 0. The van der Waals surface area contributed by atoms with Crippen LogP contribution in [0.5, 0.6) is 17.4 Å². The Kier molecular flexibility index (Phi) is 8.81. The minimum Gasteiger partial charge on any atom is -0.493 e. The molecule has 0 radical (unpaired) electrons. The number of benzene rings is 1. The van der Waals surface area contributed by atoms with E-state index >= 15 is 0 Å². The number of hydrogen-bond donors (Lipinski definition) is 1. The smallest absolute Gasteiger partial charge is 0.218 e. The van der Waals surface area contributed by atoms with Gasteiger partial charge < -0.3 is 24.4 Å². The molecular formula is C21H29IN4O3. The average Bonchev–Trinajstić information content (AvgIpc) is 2.74. The van der Waals surface area contributed by atoms with Gasteiger partial charge in [-0.25, -0.2) is 4.98 Å². The summed E-state index contributed by atoms with van der Waals surface area (Å²) in [5.41, 5.74) is 3.52. The van der Waals surface area contributed by atoms with Crippen LogP contribution >= 0.6 is 24.0 Å². The van der Waals surface area contributed by atoms with Gasteiger partial charge in [0, 0.05) is 38.4 Å². The maximum Gasteiger partial charge on any atom is 0.218 e. The number of aromatic nitrogens is 1. The third-order valence-corrected chi connectivity index (χ3v) is 4.80. The standard InChI is InChI=1S/C21H28N4O3.HI/c1-5-28-20-16(7-6-9-23-20)13-24-21(22-2)25-10-8-15-11-18(26-3)19(27-4)12-17(15)14-25;/h6-7,9,11-12H,5,8,10,13-14H2,1-4H3,(H,22,24);1H. The maximum absolute atomic E-state index is 5.61. The summed E-state index contributed by atoms with van der Waals surface area (Å²) >= 11 is 0. The van der Waals surface area contributed by atoms with E-state index in [9.17, 15) is 0 Å². The Morgan fingerprint density at radius 3 is 2.59 bits per heavy atom. The van der Waals surface area contributed by atoms with E-state index in [-0.39, 0.29) is 24.0 Å². The van der Waals surface area contributed by atoms with Gasteiger partial charge in [0.1, 0.15) is 0 Å².